The highest BCUT2D eigenvalue weighted by molar-refractivity contribution is 7.99. The highest BCUT2D eigenvalue weighted by atomic mass is 32.2. The second kappa shape index (κ2) is 6.62. The lowest BCUT2D eigenvalue weighted by Crippen LogP contribution is -2.30. The van der Waals surface area contributed by atoms with Gasteiger partial charge in [-0.1, -0.05) is 0 Å². The van der Waals surface area contributed by atoms with E-state index in [0.717, 1.165) is 16.3 Å². The van der Waals surface area contributed by atoms with E-state index >= 15 is 0 Å². The Balaban J connectivity index is 2.17. The molecular formula is C16H9F6N3O2S2. The molecule has 2 aromatic heterocycles. The number of H-pyrrole nitrogens is 1. The van der Waals surface area contributed by atoms with Crippen LogP contribution in [0.25, 0.3) is 21.3 Å². The summed E-state index contributed by atoms with van der Waals surface area (Å²) >= 11 is 1.26. The Hall–Kier alpha value is -2.28. The van der Waals surface area contributed by atoms with Gasteiger partial charge in [0.2, 0.25) is 0 Å². The SMILES string of the molecule is O=c1[nH]c(=O)n2c3c(c(-c4cc(C(F)(F)F)ns4)c(C(F)(F)F)cc13)SCCC2. The van der Waals surface area contributed by atoms with Crippen LogP contribution in [-0.4, -0.2) is 19.7 Å². The van der Waals surface area contributed by atoms with E-state index < -0.39 is 40.4 Å². The zero-order chi connectivity index (χ0) is 21.1. The number of thioether (sulfide) groups is 1. The Morgan fingerprint density at radius 2 is 1.79 bits per heavy atom. The highest BCUT2D eigenvalue weighted by Crippen LogP contribution is 2.48. The lowest BCUT2D eigenvalue weighted by Gasteiger charge is -2.18. The zero-order valence-electron chi connectivity index (χ0n) is 14.1. The quantitative estimate of drug-likeness (QED) is 0.557. The Morgan fingerprint density at radius 1 is 1.07 bits per heavy atom. The molecule has 154 valence electrons. The molecule has 1 aromatic carbocycles. The first-order valence-electron chi connectivity index (χ1n) is 8.06. The van der Waals surface area contributed by atoms with Crippen LogP contribution in [0.5, 0.6) is 0 Å². The molecule has 3 aromatic rings. The van der Waals surface area contributed by atoms with Gasteiger partial charge in [-0.3, -0.25) is 14.3 Å². The van der Waals surface area contributed by atoms with Crippen LogP contribution in [0.3, 0.4) is 0 Å². The molecular weight excluding hydrogens is 444 g/mol. The summed E-state index contributed by atoms with van der Waals surface area (Å²) in [7, 11) is 0. The van der Waals surface area contributed by atoms with Crippen molar-refractivity contribution in [3.05, 3.63) is 44.2 Å². The molecule has 1 aliphatic heterocycles. The van der Waals surface area contributed by atoms with Crippen molar-refractivity contribution < 1.29 is 26.3 Å². The summed E-state index contributed by atoms with van der Waals surface area (Å²) in [6, 6.07) is 1.14. The van der Waals surface area contributed by atoms with Gasteiger partial charge in [-0.15, -0.1) is 11.8 Å². The van der Waals surface area contributed by atoms with Crippen molar-refractivity contribution in [2.75, 3.05) is 5.75 Å². The van der Waals surface area contributed by atoms with Crippen LogP contribution in [0.1, 0.15) is 17.7 Å². The van der Waals surface area contributed by atoms with Crippen molar-refractivity contribution in [2.24, 2.45) is 0 Å². The molecule has 0 bridgehead atoms. The molecule has 0 aliphatic carbocycles. The van der Waals surface area contributed by atoms with Crippen molar-refractivity contribution in [2.45, 2.75) is 30.2 Å². The van der Waals surface area contributed by atoms with Gasteiger partial charge in [0.15, 0.2) is 5.69 Å². The molecule has 0 radical (unpaired) electrons. The van der Waals surface area contributed by atoms with E-state index in [4.69, 9.17) is 0 Å². The van der Waals surface area contributed by atoms with E-state index in [9.17, 15) is 35.9 Å². The zero-order valence-corrected chi connectivity index (χ0v) is 15.7. The number of hydrogen-bond donors (Lipinski definition) is 1. The molecule has 0 unspecified atom stereocenters. The van der Waals surface area contributed by atoms with Gasteiger partial charge < -0.3 is 0 Å². The number of nitrogens with zero attached hydrogens (tertiary/aromatic N) is 2. The third-order valence-electron chi connectivity index (χ3n) is 4.36. The molecule has 3 heterocycles. The Bertz CT molecular complexity index is 1240. The van der Waals surface area contributed by atoms with Crippen molar-refractivity contribution in [1.82, 2.24) is 13.9 Å². The number of aromatic amines is 1. The Morgan fingerprint density at radius 3 is 2.41 bits per heavy atom. The summed E-state index contributed by atoms with van der Waals surface area (Å²) in [6.07, 6.45) is -9.33. The van der Waals surface area contributed by atoms with Gasteiger partial charge in [0.25, 0.3) is 5.56 Å². The molecule has 1 aliphatic rings. The smallest absolute Gasteiger partial charge is 0.292 e. The largest absolute Gasteiger partial charge is 0.434 e. The lowest BCUT2D eigenvalue weighted by atomic mass is 10.0. The van der Waals surface area contributed by atoms with Gasteiger partial charge in [-0.2, -0.15) is 30.7 Å². The monoisotopic (exact) mass is 453 g/mol. The summed E-state index contributed by atoms with van der Waals surface area (Å²) < 4.78 is 84.7. The number of aryl methyl sites for hydroxylation is 1. The van der Waals surface area contributed by atoms with Crippen molar-refractivity contribution >= 4 is 34.2 Å². The van der Waals surface area contributed by atoms with Gasteiger partial charge in [0.05, 0.1) is 21.3 Å². The predicted molar refractivity (Wildman–Crippen MR) is 95.3 cm³/mol. The first-order valence-corrected chi connectivity index (χ1v) is 9.82. The molecule has 0 saturated heterocycles. The molecule has 4 rings (SSSR count). The van der Waals surface area contributed by atoms with Crippen LogP contribution in [0.15, 0.2) is 26.6 Å². The van der Waals surface area contributed by atoms with Crippen LogP contribution in [0.4, 0.5) is 26.3 Å². The second-order valence-corrected chi connectivity index (χ2v) is 8.12. The third-order valence-corrected chi connectivity index (χ3v) is 6.35. The van der Waals surface area contributed by atoms with E-state index in [1.807, 2.05) is 4.98 Å². The van der Waals surface area contributed by atoms with Gasteiger partial charge in [0, 0.05) is 17.0 Å². The van der Waals surface area contributed by atoms with Crippen LogP contribution in [-0.2, 0) is 18.9 Å². The van der Waals surface area contributed by atoms with E-state index in [1.54, 1.807) is 0 Å². The maximum atomic E-state index is 13.8. The number of halogens is 6. The van der Waals surface area contributed by atoms with Gasteiger partial charge >= 0.3 is 18.0 Å². The van der Waals surface area contributed by atoms with E-state index in [1.165, 1.54) is 0 Å². The predicted octanol–water partition coefficient (Wildman–Crippen LogP) is 4.35. The summed E-state index contributed by atoms with van der Waals surface area (Å²) in [5.74, 6) is 0.323. The molecule has 5 nitrogen and oxygen atoms in total. The summed E-state index contributed by atoms with van der Waals surface area (Å²) in [4.78, 5) is 26.0. The minimum absolute atomic E-state index is 0.00814. The number of nitrogens with one attached hydrogen (secondary N) is 1. The molecule has 13 heteroatoms. The summed E-state index contributed by atoms with van der Waals surface area (Å²) in [6.45, 7) is 0.160. The van der Waals surface area contributed by atoms with Gasteiger partial charge in [0.1, 0.15) is 0 Å². The van der Waals surface area contributed by atoms with Crippen LogP contribution in [0.2, 0.25) is 0 Å². The van der Waals surface area contributed by atoms with Gasteiger partial charge in [-0.05, 0) is 35.8 Å². The third kappa shape index (κ3) is 3.35. The lowest BCUT2D eigenvalue weighted by molar-refractivity contribution is -0.140. The second-order valence-electron chi connectivity index (χ2n) is 6.21. The molecule has 0 saturated carbocycles. The number of rotatable bonds is 1. The van der Waals surface area contributed by atoms with Crippen LogP contribution < -0.4 is 11.2 Å². The van der Waals surface area contributed by atoms with E-state index in [2.05, 4.69) is 4.37 Å². The van der Waals surface area contributed by atoms with E-state index in [0.29, 0.717) is 24.3 Å². The molecule has 0 fully saturated rings. The summed E-state index contributed by atoms with van der Waals surface area (Å²) in [5, 5.41) is -0.342. The molecule has 0 atom stereocenters. The Kier molecular flexibility index (Phi) is 4.57. The fourth-order valence-electron chi connectivity index (χ4n) is 3.17. The Labute approximate surface area is 165 Å². The first kappa shape index (κ1) is 20.0. The highest BCUT2D eigenvalue weighted by Gasteiger charge is 2.39. The molecule has 0 spiro atoms. The van der Waals surface area contributed by atoms with Crippen LogP contribution in [0, 0.1) is 0 Å². The van der Waals surface area contributed by atoms with E-state index in [-0.39, 0.29) is 38.8 Å². The fourth-order valence-corrected chi connectivity index (χ4v) is 5.25. The van der Waals surface area contributed by atoms with Crippen molar-refractivity contribution in [3.8, 4) is 10.4 Å². The number of hydrogen-bond acceptors (Lipinski definition) is 5. The molecule has 29 heavy (non-hydrogen) atoms. The molecule has 0 amide bonds. The maximum absolute atomic E-state index is 13.8. The number of alkyl halides is 6. The molecule has 1 N–H and O–H groups in total. The average molecular weight is 453 g/mol. The average Bonchev–Trinajstić information content (AvgIpc) is 2.99. The minimum atomic E-state index is -4.94. The standard InChI is InChI=1S/C16H9F6N3O2S2/c17-15(18,19)7-4-6-11-12(10(7)8-5-9(24-29-8)16(20,21)22)28-3-1-2-25(11)14(27)23-13(6)26/h4-5H,1-3H2,(H,23,26,27). The number of benzene rings is 1. The maximum Gasteiger partial charge on any atom is 0.434 e. The van der Waals surface area contributed by atoms with Crippen molar-refractivity contribution in [1.29, 1.82) is 0 Å². The normalized spacial score (nSPS) is 15.0. The summed E-state index contributed by atoms with van der Waals surface area (Å²) in [5.41, 5.74) is -4.82. The first-order chi connectivity index (χ1) is 13.5. The number of aromatic nitrogens is 3. The van der Waals surface area contributed by atoms with Gasteiger partial charge in [-0.25, -0.2) is 4.79 Å². The topological polar surface area (TPSA) is 67.8 Å². The van der Waals surface area contributed by atoms with Crippen LogP contribution >= 0.6 is 23.3 Å². The van der Waals surface area contributed by atoms with Crippen molar-refractivity contribution in [3.63, 3.8) is 0 Å². The minimum Gasteiger partial charge on any atom is -0.292 e. The fraction of sp³-hybridized carbons (Fsp3) is 0.312.